The summed E-state index contributed by atoms with van der Waals surface area (Å²) in [6, 6.07) is 11.0. The topological polar surface area (TPSA) is 144 Å². The highest BCUT2D eigenvalue weighted by Crippen LogP contribution is 2.18. The number of phenols is 1. The van der Waals surface area contributed by atoms with Crippen LogP contribution in [0.1, 0.15) is 105 Å². The fourth-order valence-electron chi connectivity index (χ4n) is 4.94. The lowest BCUT2D eigenvalue weighted by Crippen LogP contribution is -2.51. The van der Waals surface area contributed by atoms with Crippen molar-refractivity contribution in [3.05, 3.63) is 59.7 Å². The van der Waals surface area contributed by atoms with Crippen molar-refractivity contribution in [3.8, 4) is 11.5 Å². The molecule has 2 atom stereocenters. The normalized spacial score (nSPS) is 12.7. The van der Waals surface area contributed by atoms with Crippen molar-refractivity contribution in [2.75, 3.05) is 13.1 Å². The highest BCUT2D eigenvalue weighted by Gasteiger charge is 2.29. The Hall–Kier alpha value is -4.28. The van der Waals surface area contributed by atoms with Gasteiger partial charge in [0.15, 0.2) is 0 Å². The predicted octanol–water partition coefficient (Wildman–Crippen LogP) is 7.08. The van der Waals surface area contributed by atoms with Gasteiger partial charge in [-0.05, 0) is 89.8 Å². The number of nitrogens with zero attached hydrogens (tertiary/aromatic N) is 1. The summed E-state index contributed by atoms with van der Waals surface area (Å²) in [6.45, 7) is 15.9. The highest BCUT2D eigenvalue weighted by molar-refractivity contribution is 5.86. The lowest BCUT2D eigenvalue weighted by Gasteiger charge is -2.29. The molecule has 2 rings (SSSR count). The molecule has 272 valence electrons. The van der Waals surface area contributed by atoms with E-state index >= 15 is 0 Å². The van der Waals surface area contributed by atoms with Crippen molar-refractivity contribution >= 4 is 24.1 Å². The monoisotopic (exact) mass is 683 g/mol. The molecule has 0 bridgehead atoms. The smallest absolute Gasteiger partial charge is 0.408 e. The van der Waals surface area contributed by atoms with E-state index in [4.69, 9.17) is 14.2 Å². The zero-order valence-corrected chi connectivity index (χ0v) is 30.6. The van der Waals surface area contributed by atoms with Crippen LogP contribution >= 0.6 is 0 Å². The fraction of sp³-hybridized carbons (Fsp3) is 0.579. The van der Waals surface area contributed by atoms with Gasteiger partial charge < -0.3 is 34.9 Å². The maximum absolute atomic E-state index is 13.9. The van der Waals surface area contributed by atoms with Crippen molar-refractivity contribution in [2.45, 2.75) is 130 Å². The van der Waals surface area contributed by atoms with Crippen LogP contribution in [0.2, 0.25) is 0 Å². The molecular formula is C38H57N3O8. The first-order valence-corrected chi connectivity index (χ1v) is 17.4. The zero-order valence-electron chi connectivity index (χ0n) is 30.6. The summed E-state index contributed by atoms with van der Waals surface area (Å²) in [7, 11) is 0. The number of carbonyl (C=O) groups excluding carboxylic acids is 4. The van der Waals surface area contributed by atoms with Gasteiger partial charge in [0, 0.05) is 25.9 Å². The quantitative estimate of drug-likeness (QED) is 0.0912. The first-order valence-electron chi connectivity index (χ1n) is 17.4. The van der Waals surface area contributed by atoms with Crippen molar-refractivity contribution in [3.63, 3.8) is 0 Å². The van der Waals surface area contributed by atoms with Gasteiger partial charge in [-0.15, -0.1) is 0 Å². The minimum absolute atomic E-state index is 0.0778. The second-order valence-corrected chi connectivity index (χ2v) is 14.3. The van der Waals surface area contributed by atoms with E-state index in [1.165, 1.54) is 12.1 Å². The molecule has 0 heterocycles. The van der Waals surface area contributed by atoms with E-state index < -0.39 is 41.4 Å². The Kier molecular flexibility index (Phi) is 16.4. The van der Waals surface area contributed by atoms with Gasteiger partial charge in [-0.2, -0.15) is 0 Å². The Morgan fingerprint density at radius 1 is 0.673 bits per heavy atom. The van der Waals surface area contributed by atoms with Gasteiger partial charge in [-0.3, -0.25) is 4.79 Å². The number of nitrogens with one attached hydrogen (secondary N) is 2. The van der Waals surface area contributed by atoms with Crippen LogP contribution in [0.3, 0.4) is 0 Å². The molecule has 2 aromatic rings. The zero-order chi connectivity index (χ0) is 36.6. The molecule has 2 aromatic carbocycles. The van der Waals surface area contributed by atoms with Gasteiger partial charge in [0.05, 0.1) is 0 Å². The largest absolute Gasteiger partial charge is 0.508 e. The third-order valence-electron chi connectivity index (χ3n) is 7.30. The number of carbonyl (C=O) groups is 4. The van der Waals surface area contributed by atoms with E-state index in [0.29, 0.717) is 18.7 Å². The number of phenolic OH excluding ortho intramolecular Hbond substituents is 1. The molecule has 0 aliphatic carbocycles. The summed E-state index contributed by atoms with van der Waals surface area (Å²) in [5, 5.41) is 15.0. The number of rotatable bonds is 17. The minimum Gasteiger partial charge on any atom is -0.508 e. The van der Waals surface area contributed by atoms with Crippen LogP contribution in [0, 0.1) is 0 Å². The number of amides is 3. The Balaban J connectivity index is 2.25. The molecule has 0 saturated heterocycles. The molecule has 3 amide bonds. The summed E-state index contributed by atoms with van der Waals surface area (Å²) >= 11 is 0. The van der Waals surface area contributed by atoms with E-state index in [0.717, 1.165) is 44.1 Å². The van der Waals surface area contributed by atoms with Crippen molar-refractivity contribution in [1.29, 1.82) is 0 Å². The number of aromatic hydroxyl groups is 1. The molecule has 3 N–H and O–H groups in total. The van der Waals surface area contributed by atoms with E-state index in [-0.39, 0.29) is 30.2 Å². The minimum atomic E-state index is -1.08. The predicted molar refractivity (Wildman–Crippen MR) is 190 cm³/mol. The van der Waals surface area contributed by atoms with E-state index in [1.807, 2.05) is 4.90 Å². The SMILES string of the molecule is CCCCCN(CCCCC)C(=O)[C@@H](Cc1ccc(OC(=O)[C@@H](Cc2ccc(O)cc2)NC(=O)OC(C)(C)C)cc1)NC(=O)OC(C)(C)C. The Morgan fingerprint density at radius 2 is 1.10 bits per heavy atom. The van der Waals surface area contributed by atoms with Gasteiger partial charge in [0.2, 0.25) is 5.91 Å². The average molecular weight is 684 g/mol. The first-order chi connectivity index (χ1) is 23.0. The number of hydrogen-bond acceptors (Lipinski definition) is 8. The summed E-state index contributed by atoms with van der Waals surface area (Å²) in [4.78, 5) is 54.5. The van der Waals surface area contributed by atoms with E-state index in [2.05, 4.69) is 24.5 Å². The molecule has 0 spiro atoms. The molecule has 0 aliphatic rings. The van der Waals surface area contributed by atoms with Gasteiger partial charge in [-0.25, -0.2) is 14.4 Å². The van der Waals surface area contributed by atoms with Crippen LogP contribution in [0.15, 0.2) is 48.5 Å². The molecule has 0 fully saturated rings. The molecule has 0 unspecified atom stereocenters. The first kappa shape index (κ1) is 40.9. The van der Waals surface area contributed by atoms with Gasteiger partial charge in [0.1, 0.15) is 34.8 Å². The summed E-state index contributed by atoms with van der Waals surface area (Å²) in [5.41, 5.74) is -0.0718. The number of benzene rings is 2. The third-order valence-corrected chi connectivity index (χ3v) is 7.30. The molecule has 0 saturated carbocycles. The van der Waals surface area contributed by atoms with Crippen LogP contribution in [-0.4, -0.2) is 70.4 Å². The molecule has 11 nitrogen and oxygen atoms in total. The second-order valence-electron chi connectivity index (χ2n) is 14.3. The Bertz CT molecular complexity index is 1320. The summed E-state index contributed by atoms with van der Waals surface area (Å²) < 4.78 is 16.5. The summed E-state index contributed by atoms with van der Waals surface area (Å²) in [6.07, 6.45) is 4.69. The Labute approximate surface area is 292 Å². The maximum Gasteiger partial charge on any atom is 0.408 e. The molecule has 11 heteroatoms. The van der Waals surface area contributed by atoms with Gasteiger partial charge in [-0.1, -0.05) is 63.8 Å². The van der Waals surface area contributed by atoms with Gasteiger partial charge in [0.25, 0.3) is 0 Å². The molecule has 0 aromatic heterocycles. The number of alkyl carbamates (subject to hydrolysis) is 2. The molecule has 0 radical (unpaired) electrons. The van der Waals surface area contributed by atoms with E-state index in [1.54, 1.807) is 77.9 Å². The van der Waals surface area contributed by atoms with E-state index in [9.17, 15) is 24.3 Å². The van der Waals surface area contributed by atoms with Crippen LogP contribution in [0.25, 0.3) is 0 Å². The molecule has 0 aliphatic heterocycles. The highest BCUT2D eigenvalue weighted by atomic mass is 16.6. The lowest BCUT2D eigenvalue weighted by molar-refractivity contribution is -0.136. The van der Waals surface area contributed by atoms with Crippen molar-refractivity contribution < 1.29 is 38.5 Å². The van der Waals surface area contributed by atoms with Crippen molar-refractivity contribution in [1.82, 2.24) is 15.5 Å². The van der Waals surface area contributed by atoms with Crippen molar-refractivity contribution in [2.24, 2.45) is 0 Å². The average Bonchev–Trinajstić information content (AvgIpc) is 2.99. The van der Waals surface area contributed by atoms with Crippen LogP contribution < -0.4 is 15.4 Å². The van der Waals surface area contributed by atoms with Crippen LogP contribution in [-0.2, 0) is 31.9 Å². The number of hydrogen-bond donors (Lipinski definition) is 3. The molecule has 49 heavy (non-hydrogen) atoms. The maximum atomic E-state index is 13.9. The number of unbranched alkanes of at least 4 members (excludes halogenated alkanes) is 4. The van der Waals surface area contributed by atoms with Gasteiger partial charge >= 0.3 is 18.2 Å². The van der Waals surface area contributed by atoms with Crippen LogP contribution in [0.5, 0.6) is 11.5 Å². The standard InChI is InChI=1S/C38H57N3O8/c1-9-11-13-23-41(24-14-12-10-2)33(43)31(39-35(45)48-37(3,4)5)25-28-17-21-30(22-18-28)47-34(44)32(40-36(46)49-38(6,7)8)26-27-15-19-29(42)20-16-27/h15-22,31-32,42H,9-14,23-26H2,1-8H3,(H,39,45)(H,40,46)/t31-,32-/m1/s1. The Morgan fingerprint density at radius 3 is 1.55 bits per heavy atom. The number of esters is 1. The van der Waals surface area contributed by atoms with Crippen LogP contribution in [0.4, 0.5) is 9.59 Å². The molecular weight excluding hydrogens is 626 g/mol. The third kappa shape index (κ3) is 16.6. The second kappa shape index (κ2) is 19.7. The summed E-state index contributed by atoms with van der Waals surface area (Å²) in [5.74, 6) is -0.562. The lowest BCUT2D eigenvalue weighted by atomic mass is 10.0. The number of ether oxygens (including phenoxy) is 3. The fourth-order valence-corrected chi connectivity index (χ4v) is 4.94.